The van der Waals surface area contributed by atoms with Gasteiger partial charge < -0.3 is 19.3 Å². The lowest BCUT2D eigenvalue weighted by atomic mass is 10.3. The quantitative estimate of drug-likeness (QED) is 0.553. The Kier molecular flexibility index (Phi) is 6.27. The highest BCUT2D eigenvalue weighted by atomic mass is 31.2. The van der Waals surface area contributed by atoms with Crippen LogP contribution in [0.5, 0.6) is 0 Å². The SMILES string of the molecule is CCOP(=O)(C=CCCCn1cnc2c(N)ncnc21)OCC. The summed E-state index contributed by atoms with van der Waals surface area (Å²) >= 11 is 0. The molecule has 0 fully saturated rings. The van der Waals surface area contributed by atoms with Gasteiger partial charge in [-0.3, -0.25) is 4.57 Å². The maximum atomic E-state index is 12.2. The highest BCUT2D eigenvalue weighted by Gasteiger charge is 2.18. The Balaban J connectivity index is 1.90. The summed E-state index contributed by atoms with van der Waals surface area (Å²) in [6, 6.07) is 0. The van der Waals surface area contributed by atoms with Gasteiger partial charge >= 0.3 is 7.60 Å². The normalized spacial score (nSPS) is 12.4. The van der Waals surface area contributed by atoms with Crippen molar-refractivity contribution in [1.29, 1.82) is 0 Å². The largest absolute Gasteiger partial charge is 0.382 e. The summed E-state index contributed by atoms with van der Waals surface area (Å²) in [7, 11) is -3.10. The first-order valence-electron chi connectivity index (χ1n) is 7.57. The maximum absolute atomic E-state index is 12.2. The van der Waals surface area contributed by atoms with Crippen LogP contribution < -0.4 is 5.73 Å². The van der Waals surface area contributed by atoms with Crippen LogP contribution >= 0.6 is 7.60 Å². The van der Waals surface area contributed by atoms with Crippen molar-refractivity contribution >= 4 is 24.6 Å². The van der Waals surface area contributed by atoms with Gasteiger partial charge in [-0.25, -0.2) is 15.0 Å². The number of hydrogen-bond donors (Lipinski definition) is 1. The van der Waals surface area contributed by atoms with Gasteiger partial charge in [0.1, 0.15) is 11.8 Å². The molecule has 2 aromatic heterocycles. The van der Waals surface area contributed by atoms with Crippen LogP contribution in [-0.4, -0.2) is 32.7 Å². The van der Waals surface area contributed by atoms with Crippen LogP contribution in [-0.2, 0) is 20.2 Å². The van der Waals surface area contributed by atoms with E-state index in [4.69, 9.17) is 14.8 Å². The van der Waals surface area contributed by atoms with E-state index in [1.54, 1.807) is 20.2 Å². The number of aromatic nitrogens is 4. The molecule has 0 radical (unpaired) electrons. The highest BCUT2D eigenvalue weighted by Crippen LogP contribution is 2.49. The van der Waals surface area contributed by atoms with Gasteiger partial charge in [-0.05, 0) is 26.7 Å². The third kappa shape index (κ3) is 4.60. The zero-order valence-electron chi connectivity index (χ0n) is 13.4. The van der Waals surface area contributed by atoms with Crippen LogP contribution in [0.2, 0.25) is 0 Å². The van der Waals surface area contributed by atoms with Crippen LogP contribution in [0.15, 0.2) is 24.5 Å². The van der Waals surface area contributed by atoms with E-state index < -0.39 is 7.60 Å². The first kappa shape index (κ1) is 17.6. The Morgan fingerprint density at radius 2 is 2.00 bits per heavy atom. The molecule has 9 heteroatoms. The fraction of sp³-hybridized carbons (Fsp3) is 0.500. The molecule has 0 aliphatic heterocycles. The fourth-order valence-corrected chi connectivity index (χ4v) is 3.50. The van der Waals surface area contributed by atoms with Gasteiger partial charge in [0.15, 0.2) is 11.5 Å². The second kappa shape index (κ2) is 8.19. The van der Waals surface area contributed by atoms with E-state index in [-0.39, 0.29) is 0 Å². The molecule has 2 heterocycles. The van der Waals surface area contributed by atoms with E-state index in [1.165, 1.54) is 12.1 Å². The number of allylic oxidation sites excluding steroid dienone is 1. The summed E-state index contributed by atoms with van der Waals surface area (Å²) in [4.78, 5) is 12.3. The van der Waals surface area contributed by atoms with E-state index in [0.29, 0.717) is 24.5 Å². The molecule has 2 rings (SSSR count). The van der Waals surface area contributed by atoms with Gasteiger partial charge in [0.05, 0.1) is 19.5 Å². The Morgan fingerprint density at radius 1 is 1.26 bits per heavy atom. The number of rotatable bonds is 9. The minimum atomic E-state index is -3.10. The molecule has 0 saturated carbocycles. The lowest BCUT2D eigenvalue weighted by Gasteiger charge is -2.12. The van der Waals surface area contributed by atoms with Gasteiger partial charge in [-0.15, -0.1) is 0 Å². The number of hydrogen-bond acceptors (Lipinski definition) is 7. The van der Waals surface area contributed by atoms with E-state index in [1.807, 2.05) is 10.6 Å². The first-order valence-corrected chi connectivity index (χ1v) is 9.18. The van der Waals surface area contributed by atoms with Gasteiger partial charge in [-0.1, -0.05) is 6.08 Å². The summed E-state index contributed by atoms with van der Waals surface area (Å²) < 4.78 is 24.5. The molecular formula is C14H22N5O3P. The lowest BCUT2D eigenvalue weighted by Crippen LogP contribution is -1.99. The molecular weight excluding hydrogens is 317 g/mol. The summed E-state index contributed by atoms with van der Waals surface area (Å²) in [6.07, 6.45) is 6.53. The lowest BCUT2D eigenvalue weighted by molar-refractivity contribution is 0.229. The van der Waals surface area contributed by atoms with Crippen molar-refractivity contribution in [2.24, 2.45) is 0 Å². The van der Waals surface area contributed by atoms with Gasteiger partial charge in [0.2, 0.25) is 0 Å². The fourth-order valence-electron chi connectivity index (χ4n) is 2.13. The molecule has 0 unspecified atom stereocenters. The van der Waals surface area contributed by atoms with E-state index >= 15 is 0 Å². The summed E-state index contributed by atoms with van der Waals surface area (Å²) in [5.41, 5.74) is 7.08. The molecule has 0 saturated heterocycles. The molecule has 0 spiro atoms. The summed E-state index contributed by atoms with van der Waals surface area (Å²) in [5.74, 6) is 1.91. The maximum Gasteiger partial charge on any atom is 0.353 e. The van der Waals surface area contributed by atoms with Crippen molar-refractivity contribution in [3.8, 4) is 0 Å². The van der Waals surface area contributed by atoms with Crippen LogP contribution in [0.1, 0.15) is 26.7 Å². The molecule has 8 nitrogen and oxygen atoms in total. The molecule has 0 bridgehead atoms. The number of nitrogens with zero attached hydrogens (tertiary/aromatic N) is 4. The molecule has 2 N–H and O–H groups in total. The molecule has 0 amide bonds. The van der Waals surface area contributed by atoms with Crippen LogP contribution in [0, 0.1) is 0 Å². The Bertz CT molecular complexity index is 706. The van der Waals surface area contributed by atoms with Crippen LogP contribution in [0.25, 0.3) is 11.2 Å². The number of unbranched alkanes of at least 4 members (excludes halogenated alkanes) is 1. The van der Waals surface area contributed by atoms with Crippen molar-refractivity contribution in [1.82, 2.24) is 19.5 Å². The van der Waals surface area contributed by atoms with Crippen molar-refractivity contribution in [2.45, 2.75) is 33.2 Å². The summed E-state index contributed by atoms with van der Waals surface area (Å²) in [6.45, 7) is 5.01. The average molecular weight is 339 g/mol. The molecule has 0 aliphatic rings. The van der Waals surface area contributed by atoms with E-state index in [0.717, 1.165) is 25.0 Å². The predicted molar refractivity (Wildman–Crippen MR) is 89.0 cm³/mol. The molecule has 0 aliphatic carbocycles. The Labute approximate surface area is 135 Å². The van der Waals surface area contributed by atoms with E-state index in [2.05, 4.69) is 15.0 Å². The Morgan fingerprint density at radius 3 is 2.70 bits per heavy atom. The second-order valence-electron chi connectivity index (χ2n) is 4.77. The number of anilines is 1. The zero-order chi connectivity index (χ0) is 16.7. The average Bonchev–Trinajstić information content (AvgIpc) is 2.92. The van der Waals surface area contributed by atoms with Crippen molar-refractivity contribution in [3.63, 3.8) is 0 Å². The predicted octanol–water partition coefficient (Wildman–Crippen LogP) is 2.97. The third-order valence-electron chi connectivity index (χ3n) is 3.11. The third-order valence-corrected chi connectivity index (χ3v) is 4.92. The van der Waals surface area contributed by atoms with Crippen molar-refractivity contribution in [2.75, 3.05) is 18.9 Å². The zero-order valence-corrected chi connectivity index (χ0v) is 14.3. The molecule has 2 aromatic rings. The monoisotopic (exact) mass is 339 g/mol. The molecule has 23 heavy (non-hydrogen) atoms. The molecule has 0 aromatic carbocycles. The molecule has 0 atom stereocenters. The van der Waals surface area contributed by atoms with Gasteiger partial charge in [0.25, 0.3) is 0 Å². The number of imidazole rings is 1. The number of nitrogen functional groups attached to an aromatic ring is 1. The molecule has 126 valence electrons. The van der Waals surface area contributed by atoms with Crippen molar-refractivity contribution in [3.05, 3.63) is 24.5 Å². The smallest absolute Gasteiger partial charge is 0.353 e. The summed E-state index contributed by atoms with van der Waals surface area (Å²) in [5, 5.41) is 0. The van der Waals surface area contributed by atoms with E-state index in [9.17, 15) is 4.57 Å². The standard InChI is InChI=1S/C14H22N5O3P/c1-3-21-23(20,22-4-2)9-7-5-6-8-19-11-18-12-13(15)16-10-17-14(12)19/h7,9-11H,3-6,8H2,1-2H3,(H2,15,16,17). The van der Waals surface area contributed by atoms with Crippen LogP contribution in [0.3, 0.4) is 0 Å². The second-order valence-corrected chi connectivity index (χ2v) is 6.67. The topological polar surface area (TPSA) is 105 Å². The number of nitrogens with two attached hydrogens (primary N) is 1. The van der Waals surface area contributed by atoms with Crippen LogP contribution in [0.4, 0.5) is 5.82 Å². The minimum Gasteiger partial charge on any atom is -0.382 e. The number of fused-ring (bicyclic) bond motifs is 1. The Hall–Kier alpha value is -1.76. The van der Waals surface area contributed by atoms with Gasteiger partial charge in [-0.2, -0.15) is 0 Å². The van der Waals surface area contributed by atoms with Gasteiger partial charge in [0, 0.05) is 12.4 Å². The van der Waals surface area contributed by atoms with Crippen molar-refractivity contribution < 1.29 is 13.6 Å². The highest BCUT2D eigenvalue weighted by molar-refractivity contribution is 7.57. The first-order chi connectivity index (χ1) is 11.1. The number of aryl methyl sites for hydroxylation is 1. The minimum absolute atomic E-state index is 0.351.